The Morgan fingerprint density at radius 2 is 1.84 bits per heavy atom. The number of nitrogens with zero attached hydrogens (tertiary/aromatic N) is 1. The van der Waals surface area contributed by atoms with Crippen molar-refractivity contribution in [2.45, 2.75) is 58.5 Å². The first kappa shape index (κ1) is 17.8. The predicted molar refractivity (Wildman–Crippen MR) is 96.6 cm³/mol. The van der Waals surface area contributed by atoms with Crippen LogP contribution in [0.25, 0.3) is 0 Å². The van der Waals surface area contributed by atoms with Gasteiger partial charge in [-0.25, -0.2) is 0 Å². The number of hydrogen-bond donors (Lipinski definition) is 1. The Morgan fingerprint density at radius 1 is 1.16 bits per heavy atom. The van der Waals surface area contributed by atoms with Crippen LogP contribution in [0.1, 0.15) is 56.8 Å². The first-order chi connectivity index (χ1) is 11.8. The SMILES string of the molecule is CC(C)(C)C(=O)N1CCCC1COc1ccc(C(=O)NC2CC2)cc1. The van der Waals surface area contributed by atoms with Crippen molar-refractivity contribution in [2.75, 3.05) is 13.2 Å². The second-order valence-electron chi connectivity index (χ2n) is 8.13. The number of rotatable bonds is 5. The Hall–Kier alpha value is -2.04. The lowest BCUT2D eigenvalue weighted by atomic mass is 9.94. The molecule has 5 heteroatoms. The van der Waals surface area contributed by atoms with Crippen molar-refractivity contribution in [3.63, 3.8) is 0 Å². The van der Waals surface area contributed by atoms with Gasteiger partial charge in [0.05, 0.1) is 6.04 Å². The molecule has 1 aromatic carbocycles. The van der Waals surface area contributed by atoms with Crippen molar-refractivity contribution in [3.05, 3.63) is 29.8 Å². The van der Waals surface area contributed by atoms with Crippen LogP contribution in [0.15, 0.2) is 24.3 Å². The van der Waals surface area contributed by atoms with Crippen molar-refractivity contribution in [2.24, 2.45) is 5.41 Å². The minimum absolute atomic E-state index is 0.0215. The van der Waals surface area contributed by atoms with E-state index in [2.05, 4.69) is 5.32 Å². The fraction of sp³-hybridized carbons (Fsp3) is 0.600. The quantitative estimate of drug-likeness (QED) is 0.893. The van der Waals surface area contributed by atoms with Crippen LogP contribution >= 0.6 is 0 Å². The summed E-state index contributed by atoms with van der Waals surface area (Å²) >= 11 is 0. The third-order valence-corrected chi connectivity index (χ3v) is 4.75. The molecule has 1 saturated heterocycles. The highest BCUT2D eigenvalue weighted by molar-refractivity contribution is 5.94. The fourth-order valence-corrected chi connectivity index (χ4v) is 3.10. The number of carbonyl (C=O) groups is 2. The lowest BCUT2D eigenvalue weighted by Gasteiger charge is -2.30. The number of amides is 2. The summed E-state index contributed by atoms with van der Waals surface area (Å²) in [6.45, 7) is 7.17. The summed E-state index contributed by atoms with van der Waals surface area (Å²) in [6, 6.07) is 7.72. The van der Waals surface area contributed by atoms with E-state index in [1.165, 1.54) is 0 Å². The predicted octanol–water partition coefficient (Wildman–Crippen LogP) is 2.99. The maximum atomic E-state index is 12.5. The topological polar surface area (TPSA) is 58.6 Å². The van der Waals surface area contributed by atoms with Gasteiger partial charge in [0, 0.05) is 23.6 Å². The summed E-state index contributed by atoms with van der Waals surface area (Å²) in [7, 11) is 0. The molecule has 1 heterocycles. The third kappa shape index (κ3) is 4.53. The van der Waals surface area contributed by atoms with Gasteiger partial charge in [-0.3, -0.25) is 9.59 Å². The van der Waals surface area contributed by atoms with Gasteiger partial charge in [0.2, 0.25) is 5.91 Å². The van der Waals surface area contributed by atoms with E-state index in [1.54, 1.807) is 12.1 Å². The van der Waals surface area contributed by atoms with Crippen LogP contribution < -0.4 is 10.1 Å². The highest BCUT2D eigenvalue weighted by atomic mass is 16.5. The minimum atomic E-state index is -0.362. The van der Waals surface area contributed by atoms with Crippen LogP contribution in [-0.4, -0.2) is 41.9 Å². The molecule has 136 valence electrons. The van der Waals surface area contributed by atoms with Gasteiger partial charge >= 0.3 is 0 Å². The number of nitrogens with one attached hydrogen (secondary N) is 1. The molecule has 1 N–H and O–H groups in total. The van der Waals surface area contributed by atoms with E-state index in [-0.39, 0.29) is 23.3 Å². The molecule has 25 heavy (non-hydrogen) atoms. The van der Waals surface area contributed by atoms with Crippen LogP contribution in [-0.2, 0) is 4.79 Å². The summed E-state index contributed by atoms with van der Waals surface area (Å²) < 4.78 is 5.89. The van der Waals surface area contributed by atoms with Gasteiger partial charge in [-0.15, -0.1) is 0 Å². The monoisotopic (exact) mass is 344 g/mol. The second kappa shape index (κ2) is 7.06. The van der Waals surface area contributed by atoms with Gasteiger partial charge in [-0.2, -0.15) is 0 Å². The van der Waals surface area contributed by atoms with E-state index in [9.17, 15) is 9.59 Å². The zero-order chi connectivity index (χ0) is 18.0. The molecule has 0 aromatic heterocycles. The number of ether oxygens (including phenoxy) is 1. The zero-order valence-electron chi connectivity index (χ0n) is 15.4. The Balaban J connectivity index is 1.54. The van der Waals surface area contributed by atoms with Crippen LogP contribution in [0.3, 0.4) is 0 Å². The zero-order valence-corrected chi connectivity index (χ0v) is 15.4. The molecule has 1 atom stereocenters. The van der Waals surface area contributed by atoms with Crippen molar-refractivity contribution in [1.29, 1.82) is 0 Å². The summed E-state index contributed by atoms with van der Waals surface area (Å²) in [5, 5.41) is 2.97. The Bertz CT molecular complexity index is 629. The highest BCUT2D eigenvalue weighted by Crippen LogP contribution is 2.26. The van der Waals surface area contributed by atoms with Crippen LogP contribution in [0, 0.1) is 5.41 Å². The Morgan fingerprint density at radius 3 is 2.44 bits per heavy atom. The average Bonchev–Trinajstić information content (AvgIpc) is 3.26. The molecular formula is C20H28N2O3. The summed E-state index contributed by atoms with van der Waals surface area (Å²) in [5.74, 6) is 0.899. The Labute approximate surface area is 149 Å². The van der Waals surface area contributed by atoms with Crippen molar-refractivity contribution in [3.8, 4) is 5.75 Å². The number of likely N-dealkylation sites (tertiary alicyclic amines) is 1. The lowest BCUT2D eigenvalue weighted by molar-refractivity contribution is -0.140. The molecule has 5 nitrogen and oxygen atoms in total. The van der Waals surface area contributed by atoms with E-state index < -0.39 is 0 Å². The van der Waals surface area contributed by atoms with E-state index in [0.717, 1.165) is 38.0 Å². The van der Waals surface area contributed by atoms with Crippen molar-refractivity contribution in [1.82, 2.24) is 10.2 Å². The highest BCUT2D eigenvalue weighted by Gasteiger charge is 2.35. The van der Waals surface area contributed by atoms with Crippen molar-refractivity contribution >= 4 is 11.8 Å². The molecule has 0 radical (unpaired) electrons. The standard InChI is InChI=1S/C20H28N2O3/c1-20(2,3)19(24)22-12-4-5-16(22)13-25-17-10-6-14(7-11-17)18(23)21-15-8-9-15/h6-7,10-11,15-16H,4-5,8-9,12-13H2,1-3H3,(H,21,23). The molecule has 2 aliphatic rings. The molecule has 1 unspecified atom stereocenters. The van der Waals surface area contributed by atoms with Gasteiger partial charge < -0.3 is 15.0 Å². The maximum Gasteiger partial charge on any atom is 0.251 e. The summed E-state index contributed by atoms with van der Waals surface area (Å²) in [4.78, 5) is 26.5. The summed E-state index contributed by atoms with van der Waals surface area (Å²) in [5.41, 5.74) is 0.295. The normalized spacial score (nSPS) is 20.4. The average molecular weight is 344 g/mol. The van der Waals surface area contributed by atoms with Gasteiger partial charge in [-0.1, -0.05) is 20.8 Å². The smallest absolute Gasteiger partial charge is 0.251 e. The number of carbonyl (C=O) groups excluding carboxylic acids is 2. The Kier molecular flexibility index (Phi) is 5.02. The molecule has 0 spiro atoms. The molecule has 3 rings (SSSR count). The molecule has 1 aliphatic heterocycles. The fourth-order valence-electron chi connectivity index (χ4n) is 3.10. The number of benzene rings is 1. The molecular weight excluding hydrogens is 316 g/mol. The molecule has 1 aromatic rings. The lowest BCUT2D eigenvalue weighted by Crippen LogP contribution is -2.44. The van der Waals surface area contributed by atoms with E-state index in [1.807, 2.05) is 37.8 Å². The van der Waals surface area contributed by atoms with Gasteiger partial charge in [0.25, 0.3) is 5.91 Å². The van der Waals surface area contributed by atoms with Crippen LogP contribution in [0.4, 0.5) is 0 Å². The number of hydrogen-bond acceptors (Lipinski definition) is 3. The first-order valence-electron chi connectivity index (χ1n) is 9.19. The summed E-state index contributed by atoms with van der Waals surface area (Å²) in [6.07, 6.45) is 4.16. The third-order valence-electron chi connectivity index (χ3n) is 4.75. The molecule has 2 fully saturated rings. The molecule has 2 amide bonds. The van der Waals surface area contributed by atoms with Gasteiger partial charge in [-0.05, 0) is 49.9 Å². The molecule has 0 bridgehead atoms. The van der Waals surface area contributed by atoms with E-state index >= 15 is 0 Å². The molecule has 1 saturated carbocycles. The van der Waals surface area contributed by atoms with Crippen LogP contribution in [0.5, 0.6) is 5.75 Å². The first-order valence-corrected chi connectivity index (χ1v) is 9.19. The minimum Gasteiger partial charge on any atom is -0.491 e. The molecule has 1 aliphatic carbocycles. The van der Waals surface area contributed by atoms with E-state index in [0.29, 0.717) is 18.2 Å². The van der Waals surface area contributed by atoms with Gasteiger partial charge in [0.1, 0.15) is 12.4 Å². The second-order valence-corrected chi connectivity index (χ2v) is 8.13. The largest absolute Gasteiger partial charge is 0.491 e. The van der Waals surface area contributed by atoms with Crippen molar-refractivity contribution < 1.29 is 14.3 Å². The maximum absolute atomic E-state index is 12.5. The van der Waals surface area contributed by atoms with E-state index in [4.69, 9.17) is 4.74 Å². The van der Waals surface area contributed by atoms with Crippen LogP contribution in [0.2, 0.25) is 0 Å². The van der Waals surface area contributed by atoms with Gasteiger partial charge in [0.15, 0.2) is 0 Å².